The minimum atomic E-state index is -3.76. The van der Waals surface area contributed by atoms with E-state index >= 15 is 0 Å². The van der Waals surface area contributed by atoms with E-state index in [2.05, 4.69) is 21.2 Å². The number of benzene rings is 2. The Morgan fingerprint density at radius 2 is 1.78 bits per heavy atom. The highest BCUT2D eigenvalue weighted by Crippen LogP contribution is 2.25. The molecule has 9 heteroatoms. The maximum Gasteiger partial charge on any atom is 0.244 e. The van der Waals surface area contributed by atoms with E-state index in [0.29, 0.717) is 12.1 Å². The molecule has 37 heavy (non-hydrogen) atoms. The van der Waals surface area contributed by atoms with Gasteiger partial charge in [0.05, 0.1) is 11.9 Å². The van der Waals surface area contributed by atoms with Crippen LogP contribution in [0.25, 0.3) is 0 Å². The number of halogens is 1. The van der Waals surface area contributed by atoms with Crippen molar-refractivity contribution < 1.29 is 18.0 Å². The van der Waals surface area contributed by atoms with Crippen molar-refractivity contribution >= 4 is 43.5 Å². The summed E-state index contributed by atoms with van der Waals surface area (Å²) in [6.45, 7) is 5.55. The summed E-state index contributed by atoms with van der Waals surface area (Å²) < 4.78 is 27.5. The van der Waals surface area contributed by atoms with Crippen LogP contribution in [0.1, 0.15) is 62.1 Å². The molecular formula is C28H38BrN3O4S. The van der Waals surface area contributed by atoms with Gasteiger partial charge in [0, 0.05) is 17.1 Å². The number of nitrogens with one attached hydrogen (secondary N) is 1. The molecule has 2 aromatic carbocycles. The van der Waals surface area contributed by atoms with E-state index in [1.807, 2.05) is 45.0 Å². The normalized spacial score (nSPS) is 15.2. The molecule has 0 radical (unpaired) electrons. The second kappa shape index (κ2) is 12.9. The molecule has 1 saturated carbocycles. The molecular weight excluding hydrogens is 554 g/mol. The van der Waals surface area contributed by atoms with Crippen LogP contribution in [-0.4, -0.2) is 50.0 Å². The fourth-order valence-corrected chi connectivity index (χ4v) is 5.96. The molecule has 0 heterocycles. The van der Waals surface area contributed by atoms with E-state index in [1.165, 1.54) is 11.3 Å². The molecule has 2 amide bonds. The summed E-state index contributed by atoms with van der Waals surface area (Å²) >= 11 is 3.44. The number of anilines is 1. The molecule has 0 unspecified atom stereocenters. The van der Waals surface area contributed by atoms with Crippen molar-refractivity contribution in [2.75, 3.05) is 17.1 Å². The van der Waals surface area contributed by atoms with E-state index in [1.54, 1.807) is 18.2 Å². The largest absolute Gasteiger partial charge is 0.352 e. The number of nitrogens with zero attached hydrogens (tertiary/aromatic N) is 2. The number of carbonyl (C=O) groups is 2. The monoisotopic (exact) mass is 591 g/mol. The Morgan fingerprint density at radius 3 is 2.38 bits per heavy atom. The lowest BCUT2D eigenvalue weighted by molar-refractivity contribution is -0.140. The van der Waals surface area contributed by atoms with Crippen LogP contribution in [0.4, 0.5) is 5.69 Å². The summed E-state index contributed by atoms with van der Waals surface area (Å²) in [6, 6.07) is 12.4. The topological polar surface area (TPSA) is 86.8 Å². The summed E-state index contributed by atoms with van der Waals surface area (Å²) in [4.78, 5) is 28.8. The van der Waals surface area contributed by atoms with Crippen LogP contribution in [0.15, 0.2) is 46.9 Å². The minimum absolute atomic E-state index is 0.115. The van der Waals surface area contributed by atoms with Crippen molar-refractivity contribution in [3.05, 3.63) is 63.6 Å². The Morgan fingerprint density at radius 1 is 1.08 bits per heavy atom. The van der Waals surface area contributed by atoms with Crippen LogP contribution < -0.4 is 9.62 Å². The van der Waals surface area contributed by atoms with Crippen LogP contribution in [-0.2, 0) is 26.2 Å². The highest BCUT2D eigenvalue weighted by Gasteiger charge is 2.33. The first kappa shape index (κ1) is 29.2. The average molecular weight is 593 g/mol. The van der Waals surface area contributed by atoms with Gasteiger partial charge in [-0.25, -0.2) is 8.42 Å². The Kier molecular flexibility index (Phi) is 10.2. The minimum Gasteiger partial charge on any atom is -0.352 e. The maximum atomic E-state index is 13.8. The summed E-state index contributed by atoms with van der Waals surface area (Å²) in [5.41, 5.74) is 3.20. The first-order valence-electron chi connectivity index (χ1n) is 12.9. The summed E-state index contributed by atoms with van der Waals surface area (Å²) in [5, 5.41) is 3.16. The number of rotatable bonds is 10. The molecule has 0 bridgehead atoms. The van der Waals surface area contributed by atoms with Crippen LogP contribution in [0.2, 0.25) is 0 Å². The van der Waals surface area contributed by atoms with Gasteiger partial charge in [0.1, 0.15) is 12.6 Å². The zero-order chi connectivity index (χ0) is 27.2. The van der Waals surface area contributed by atoms with Gasteiger partial charge < -0.3 is 10.2 Å². The molecule has 1 atom stereocenters. The van der Waals surface area contributed by atoms with Gasteiger partial charge in [-0.3, -0.25) is 13.9 Å². The lowest BCUT2D eigenvalue weighted by Gasteiger charge is -2.34. The average Bonchev–Trinajstić information content (AvgIpc) is 2.84. The summed E-state index contributed by atoms with van der Waals surface area (Å²) in [6.07, 6.45) is 6.76. The van der Waals surface area contributed by atoms with Crippen LogP contribution >= 0.6 is 15.9 Å². The highest BCUT2D eigenvalue weighted by atomic mass is 79.9. The van der Waals surface area contributed by atoms with E-state index in [4.69, 9.17) is 0 Å². The Labute approximate surface area is 229 Å². The molecule has 0 saturated heterocycles. The molecule has 0 aliphatic heterocycles. The van der Waals surface area contributed by atoms with Gasteiger partial charge in [0.2, 0.25) is 21.8 Å². The van der Waals surface area contributed by atoms with Gasteiger partial charge in [0.15, 0.2) is 0 Å². The Bertz CT molecular complexity index is 1210. The van der Waals surface area contributed by atoms with E-state index in [-0.39, 0.29) is 25.0 Å². The van der Waals surface area contributed by atoms with Gasteiger partial charge in [-0.15, -0.1) is 0 Å². The van der Waals surface area contributed by atoms with E-state index in [9.17, 15) is 18.0 Å². The fourth-order valence-electron chi connectivity index (χ4n) is 4.87. The van der Waals surface area contributed by atoms with E-state index in [0.717, 1.165) is 57.4 Å². The first-order valence-corrected chi connectivity index (χ1v) is 15.5. The maximum absolute atomic E-state index is 13.8. The number of hydrogen-bond donors (Lipinski definition) is 1. The molecule has 1 aliphatic rings. The molecule has 0 aromatic heterocycles. The van der Waals surface area contributed by atoms with Crippen LogP contribution in [0.5, 0.6) is 0 Å². The van der Waals surface area contributed by atoms with E-state index < -0.39 is 22.0 Å². The van der Waals surface area contributed by atoms with Gasteiger partial charge in [-0.05, 0) is 62.4 Å². The van der Waals surface area contributed by atoms with Crippen molar-refractivity contribution in [1.82, 2.24) is 10.2 Å². The zero-order valence-electron chi connectivity index (χ0n) is 22.2. The van der Waals surface area contributed by atoms with Crippen LogP contribution in [0.3, 0.4) is 0 Å². The number of amides is 2. The predicted molar refractivity (Wildman–Crippen MR) is 152 cm³/mol. The number of aryl methyl sites for hydroxylation is 2. The molecule has 1 N–H and O–H groups in total. The number of carbonyl (C=O) groups excluding carboxylic acids is 2. The predicted octanol–water partition coefficient (Wildman–Crippen LogP) is 5.09. The number of hydrogen-bond acceptors (Lipinski definition) is 4. The van der Waals surface area contributed by atoms with Gasteiger partial charge in [0.25, 0.3) is 0 Å². The van der Waals surface area contributed by atoms with Gasteiger partial charge in [-0.2, -0.15) is 0 Å². The zero-order valence-corrected chi connectivity index (χ0v) is 24.6. The fraction of sp³-hybridized carbons (Fsp3) is 0.500. The third-order valence-electron chi connectivity index (χ3n) is 6.88. The molecule has 0 spiro atoms. The molecule has 2 aromatic rings. The highest BCUT2D eigenvalue weighted by molar-refractivity contribution is 9.10. The van der Waals surface area contributed by atoms with Crippen molar-refractivity contribution in [2.45, 2.75) is 77.9 Å². The third kappa shape index (κ3) is 8.04. The van der Waals surface area contributed by atoms with Gasteiger partial charge in [-0.1, -0.05) is 71.9 Å². The molecule has 202 valence electrons. The molecule has 1 aliphatic carbocycles. The standard InChI is InChI=1S/C28H38BrN3O4S/c1-5-26(28(34)30-23-12-7-6-8-13-23)31(18-22-11-9-10-20(2)16-22)27(33)19-32(37(4,35)36)24-14-15-25(29)21(3)17-24/h9-11,14-17,23,26H,5-8,12-13,18-19H2,1-4H3,(H,30,34)/t26-/m0/s1. The SMILES string of the molecule is CC[C@@H](C(=O)NC1CCCCC1)N(Cc1cccc(C)c1)C(=O)CN(c1ccc(Br)c(C)c1)S(C)(=O)=O. The van der Waals surface area contributed by atoms with Gasteiger partial charge >= 0.3 is 0 Å². The van der Waals surface area contributed by atoms with Crippen molar-refractivity contribution in [1.29, 1.82) is 0 Å². The van der Waals surface area contributed by atoms with Crippen molar-refractivity contribution in [2.24, 2.45) is 0 Å². The Balaban J connectivity index is 1.93. The van der Waals surface area contributed by atoms with Crippen molar-refractivity contribution in [3.8, 4) is 0 Å². The summed E-state index contributed by atoms with van der Waals surface area (Å²) in [5.74, 6) is -0.598. The first-order chi connectivity index (χ1) is 17.5. The second-order valence-electron chi connectivity index (χ2n) is 9.98. The molecule has 3 rings (SSSR count). The molecule has 1 fully saturated rings. The van der Waals surface area contributed by atoms with Crippen LogP contribution in [0, 0.1) is 13.8 Å². The quantitative estimate of drug-likeness (QED) is 0.417. The number of sulfonamides is 1. The lowest BCUT2D eigenvalue weighted by Crippen LogP contribution is -2.53. The Hall–Kier alpha value is -2.39. The molecule has 7 nitrogen and oxygen atoms in total. The third-order valence-corrected chi connectivity index (χ3v) is 8.91. The smallest absolute Gasteiger partial charge is 0.244 e. The summed E-state index contributed by atoms with van der Waals surface area (Å²) in [7, 11) is -3.76. The van der Waals surface area contributed by atoms with Crippen molar-refractivity contribution in [3.63, 3.8) is 0 Å². The second-order valence-corrected chi connectivity index (χ2v) is 12.7. The lowest BCUT2D eigenvalue weighted by atomic mass is 9.95.